The summed E-state index contributed by atoms with van der Waals surface area (Å²) in [6.07, 6.45) is 0.514. The van der Waals surface area contributed by atoms with Crippen LogP contribution in [0.15, 0.2) is 12.1 Å². The van der Waals surface area contributed by atoms with E-state index in [0.717, 1.165) is 6.07 Å². The van der Waals surface area contributed by atoms with Gasteiger partial charge in [0.2, 0.25) is 0 Å². The van der Waals surface area contributed by atoms with Gasteiger partial charge in [0.25, 0.3) is 0 Å². The quantitative estimate of drug-likeness (QED) is 0.583. The summed E-state index contributed by atoms with van der Waals surface area (Å²) in [5.74, 6) is 1.99. The summed E-state index contributed by atoms with van der Waals surface area (Å²) in [4.78, 5) is 0. The molecule has 0 fully saturated rings. The van der Waals surface area contributed by atoms with E-state index in [1.807, 2.05) is 5.92 Å². The second kappa shape index (κ2) is 3.55. The number of aryl methyl sites for hydroxylation is 1. The van der Waals surface area contributed by atoms with Crippen LogP contribution in [0.4, 0.5) is 13.2 Å². The third kappa shape index (κ3) is 2.02. The molecule has 0 aliphatic rings. The minimum atomic E-state index is -4.46. The summed E-state index contributed by atoms with van der Waals surface area (Å²) >= 11 is 5.58. The fourth-order valence-corrected chi connectivity index (χ4v) is 1.20. The zero-order valence-electron chi connectivity index (χ0n) is 7.24. The summed E-state index contributed by atoms with van der Waals surface area (Å²) in [7, 11) is 0. The van der Waals surface area contributed by atoms with Crippen LogP contribution in [0.2, 0.25) is 5.02 Å². The van der Waals surface area contributed by atoms with Crippen LogP contribution in [0.3, 0.4) is 0 Å². The fraction of sp³-hybridized carbons (Fsp3) is 0.200. The van der Waals surface area contributed by atoms with Crippen molar-refractivity contribution in [2.75, 3.05) is 0 Å². The number of hydrogen-bond acceptors (Lipinski definition) is 0. The molecule has 0 unspecified atom stereocenters. The maximum absolute atomic E-state index is 12.4. The lowest BCUT2D eigenvalue weighted by atomic mass is 10.0. The van der Waals surface area contributed by atoms with Gasteiger partial charge < -0.3 is 0 Å². The van der Waals surface area contributed by atoms with E-state index in [2.05, 4.69) is 0 Å². The summed E-state index contributed by atoms with van der Waals surface area (Å²) in [6, 6.07) is 2.11. The molecule has 14 heavy (non-hydrogen) atoms. The van der Waals surface area contributed by atoms with Gasteiger partial charge in [-0.05, 0) is 24.6 Å². The van der Waals surface area contributed by atoms with Crippen LogP contribution in [0, 0.1) is 19.3 Å². The first kappa shape index (κ1) is 10.9. The lowest BCUT2D eigenvalue weighted by molar-refractivity contribution is -0.137. The summed E-state index contributed by atoms with van der Waals surface area (Å²) in [5.41, 5.74) is -0.511. The summed E-state index contributed by atoms with van der Waals surface area (Å²) < 4.78 is 37.2. The Morgan fingerprint density at radius 1 is 1.36 bits per heavy atom. The van der Waals surface area contributed by atoms with Crippen molar-refractivity contribution in [3.05, 3.63) is 33.8 Å². The molecule has 0 aliphatic carbocycles. The van der Waals surface area contributed by atoms with Gasteiger partial charge in [0.05, 0.1) is 5.56 Å². The smallest absolute Gasteiger partial charge is 0.166 e. The molecule has 0 radical (unpaired) electrons. The molecular weight excluding hydrogens is 213 g/mol. The Balaban J connectivity index is 3.45. The topological polar surface area (TPSA) is 0 Å². The van der Waals surface area contributed by atoms with Gasteiger partial charge >= 0.3 is 6.18 Å². The third-order valence-electron chi connectivity index (χ3n) is 1.76. The van der Waals surface area contributed by atoms with Gasteiger partial charge in [-0.1, -0.05) is 17.5 Å². The predicted molar refractivity (Wildman–Crippen MR) is 49.1 cm³/mol. The summed E-state index contributed by atoms with van der Waals surface area (Å²) in [6.45, 7) is 1.60. The van der Waals surface area contributed by atoms with Crippen LogP contribution >= 0.6 is 11.6 Å². The van der Waals surface area contributed by atoms with E-state index in [9.17, 15) is 13.2 Å². The SMILES string of the molecule is C#Cc1cc(C)c(Cl)cc1C(F)(F)F. The zero-order chi connectivity index (χ0) is 10.9. The second-order valence-electron chi connectivity index (χ2n) is 2.79. The maximum atomic E-state index is 12.4. The molecular formula is C10H6ClF3. The third-order valence-corrected chi connectivity index (χ3v) is 2.17. The molecule has 0 saturated heterocycles. The molecule has 0 aromatic heterocycles. The minimum absolute atomic E-state index is 0.0660. The molecule has 1 rings (SSSR count). The number of hydrogen-bond donors (Lipinski definition) is 0. The van der Waals surface area contributed by atoms with E-state index < -0.39 is 11.7 Å². The van der Waals surface area contributed by atoms with Crippen LogP contribution in [0.25, 0.3) is 0 Å². The van der Waals surface area contributed by atoms with Crippen molar-refractivity contribution in [2.24, 2.45) is 0 Å². The van der Waals surface area contributed by atoms with Crippen molar-refractivity contribution in [3.63, 3.8) is 0 Å². The van der Waals surface area contributed by atoms with Gasteiger partial charge in [-0.3, -0.25) is 0 Å². The number of rotatable bonds is 0. The Labute approximate surface area is 84.7 Å². The molecule has 0 amide bonds. The van der Waals surface area contributed by atoms with E-state index >= 15 is 0 Å². The predicted octanol–water partition coefficient (Wildman–Crippen LogP) is 3.65. The highest BCUT2D eigenvalue weighted by atomic mass is 35.5. The minimum Gasteiger partial charge on any atom is -0.166 e. The fourth-order valence-electron chi connectivity index (χ4n) is 1.04. The molecule has 0 bridgehead atoms. The van der Waals surface area contributed by atoms with Crippen molar-refractivity contribution < 1.29 is 13.2 Å². The Bertz CT molecular complexity index is 399. The summed E-state index contributed by atoms with van der Waals surface area (Å²) in [5, 5.41) is 0.0660. The molecule has 0 saturated carbocycles. The molecule has 0 aliphatic heterocycles. The number of halogens is 4. The molecule has 0 N–H and O–H groups in total. The molecule has 74 valence electrons. The molecule has 1 aromatic rings. The molecule has 1 aromatic carbocycles. The van der Waals surface area contributed by atoms with E-state index in [-0.39, 0.29) is 10.6 Å². The highest BCUT2D eigenvalue weighted by Crippen LogP contribution is 2.34. The molecule has 0 atom stereocenters. The maximum Gasteiger partial charge on any atom is 0.417 e. The monoisotopic (exact) mass is 218 g/mol. The van der Waals surface area contributed by atoms with Crippen LogP contribution in [0.1, 0.15) is 16.7 Å². The number of terminal acetylenes is 1. The zero-order valence-corrected chi connectivity index (χ0v) is 8.00. The van der Waals surface area contributed by atoms with Gasteiger partial charge in [0.1, 0.15) is 0 Å². The highest BCUT2D eigenvalue weighted by Gasteiger charge is 2.33. The van der Waals surface area contributed by atoms with Gasteiger partial charge in [-0.2, -0.15) is 13.2 Å². The van der Waals surface area contributed by atoms with Crippen LogP contribution in [-0.2, 0) is 6.18 Å². The van der Waals surface area contributed by atoms with Crippen molar-refractivity contribution in [2.45, 2.75) is 13.1 Å². The average Bonchev–Trinajstić information content (AvgIpc) is 2.07. The largest absolute Gasteiger partial charge is 0.417 e. The van der Waals surface area contributed by atoms with E-state index in [1.54, 1.807) is 6.92 Å². The lowest BCUT2D eigenvalue weighted by Gasteiger charge is -2.10. The second-order valence-corrected chi connectivity index (χ2v) is 3.20. The Kier molecular flexibility index (Phi) is 2.77. The van der Waals surface area contributed by atoms with Crippen molar-refractivity contribution in [3.8, 4) is 12.3 Å². The Morgan fingerprint density at radius 2 is 1.93 bits per heavy atom. The van der Waals surface area contributed by atoms with Crippen LogP contribution < -0.4 is 0 Å². The van der Waals surface area contributed by atoms with Gasteiger partial charge in [0, 0.05) is 10.6 Å². The van der Waals surface area contributed by atoms with Crippen molar-refractivity contribution in [1.29, 1.82) is 0 Å². The van der Waals surface area contributed by atoms with Crippen LogP contribution in [0.5, 0.6) is 0 Å². The average molecular weight is 219 g/mol. The first-order valence-corrected chi connectivity index (χ1v) is 4.08. The first-order valence-electron chi connectivity index (χ1n) is 3.70. The van der Waals surface area contributed by atoms with Gasteiger partial charge in [-0.15, -0.1) is 6.42 Å². The Morgan fingerprint density at radius 3 is 2.36 bits per heavy atom. The number of benzene rings is 1. The highest BCUT2D eigenvalue weighted by molar-refractivity contribution is 6.31. The molecule has 4 heteroatoms. The van der Waals surface area contributed by atoms with Crippen molar-refractivity contribution >= 4 is 11.6 Å². The number of alkyl halides is 3. The van der Waals surface area contributed by atoms with Crippen molar-refractivity contribution in [1.82, 2.24) is 0 Å². The first-order chi connectivity index (χ1) is 6.36. The van der Waals surface area contributed by atoms with Crippen LogP contribution in [-0.4, -0.2) is 0 Å². The molecule has 0 heterocycles. The lowest BCUT2D eigenvalue weighted by Crippen LogP contribution is -2.08. The van der Waals surface area contributed by atoms with E-state index in [4.69, 9.17) is 18.0 Å². The standard InChI is InChI=1S/C10H6ClF3/c1-3-7-4-6(2)9(11)5-8(7)10(12,13)14/h1,4-5H,2H3. The van der Waals surface area contributed by atoms with E-state index in [1.165, 1.54) is 6.07 Å². The van der Waals surface area contributed by atoms with Gasteiger partial charge in [-0.25, -0.2) is 0 Å². The normalized spacial score (nSPS) is 11.1. The van der Waals surface area contributed by atoms with E-state index in [0.29, 0.717) is 5.56 Å². The molecule has 0 spiro atoms. The van der Waals surface area contributed by atoms with Gasteiger partial charge in [0.15, 0.2) is 0 Å². The molecule has 0 nitrogen and oxygen atoms in total. The Hall–Kier alpha value is -1.14.